The SMILES string of the molecule is COc1ccc(F)cc1C(=O)COc1ccccc1[N+](=O)[O-]. The number of hydrogen-bond acceptors (Lipinski definition) is 5. The second-order valence-electron chi connectivity index (χ2n) is 4.28. The maximum absolute atomic E-state index is 13.2. The number of carbonyl (C=O) groups excluding carboxylic acids is 1. The van der Waals surface area contributed by atoms with Gasteiger partial charge in [-0.15, -0.1) is 0 Å². The Morgan fingerprint density at radius 1 is 1.23 bits per heavy atom. The zero-order valence-electron chi connectivity index (χ0n) is 11.6. The molecule has 0 aliphatic heterocycles. The van der Waals surface area contributed by atoms with E-state index >= 15 is 0 Å². The van der Waals surface area contributed by atoms with Gasteiger partial charge in [0.2, 0.25) is 5.78 Å². The predicted molar refractivity (Wildman–Crippen MR) is 75.9 cm³/mol. The van der Waals surface area contributed by atoms with E-state index in [9.17, 15) is 19.3 Å². The highest BCUT2D eigenvalue weighted by atomic mass is 19.1. The zero-order chi connectivity index (χ0) is 16.1. The lowest BCUT2D eigenvalue weighted by atomic mass is 10.1. The molecule has 114 valence electrons. The topological polar surface area (TPSA) is 78.7 Å². The van der Waals surface area contributed by atoms with Gasteiger partial charge in [-0.25, -0.2) is 4.39 Å². The second-order valence-corrected chi connectivity index (χ2v) is 4.28. The number of nitro benzene ring substituents is 1. The zero-order valence-corrected chi connectivity index (χ0v) is 11.6. The Labute approximate surface area is 125 Å². The van der Waals surface area contributed by atoms with Crippen LogP contribution in [-0.2, 0) is 0 Å². The van der Waals surface area contributed by atoms with E-state index in [-0.39, 0.29) is 22.7 Å². The fraction of sp³-hybridized carbons (Fsp3) is 0.133. The lowest BCUT2D eigenvalue weighted by Crippen LogP contribution is -2.13. The van der Waals surface area contributed by atoms with E-state index in [1.165, 1.54) is 37.4 Å². The molecule has 0 radical (unpaired) electrons. The van der Waals surface area contributed by atoms with Crippen LogP contribution in [-0.4, -0.2) is 24.4 Å². The minimum Gasteiger partial charge on any atom is -0.496 e. The molecule has 6 nitrogen and oxygen atoms in total. The molecule has 0 heterocycles. The first-order valence-corrected chi connectivity index (χ1v) is 6.26. The van der Waals surface area contributed by atoms with Gasteiger partial charge in [0, 0.05) is 6.07 Å². The van der Waals surface area contributed by atoms with Gasteiger partial charge in [0.15, 0.2) is 12.4 Å². The molecule has 0 amide bonds. The number of hydrogen-bond donors (Lipinski definition) is 0. The molecule has 0 aromatic heterocycles. The summed E-state index contributed by atoms with van der Waals surface area (Å²) >= 11 is 0. The molecule has 0 atom stereocenters. The molecule has 7 heteroatoms. The fourth-order valence-corrected chi connectivity index (χ4v) is 1.85. The van der Waals surface area contributed by atoms with Gasteiger partial charge in [-0.3, -0.25) is 14.9 Å². The first-order valence-electron chi connectivity index (χ1n) is 6.26. The van der Waals surface area contributed by atoms with Gasteiger partial charge in [0.1, 0.15) is 11.6 Å². The van der Waals surface area contributed by atoms with E-state index in [1.54, 1.807) is 6.07 Å². The van der Waals surface area contributed by atoms with Crippen LogP contribution in [0.4, 0.5) is 10.1 Å². The van der Waals surface area contributed by atoms with Crippen LogP contribution < -0.4 is 9.47 Å². The predicted octanol–water partition coefficient (Wildman–Crippen LogP) is 3.00. The van der Waals surface area contributed by atoms with Gasteiger partial charge in [-0.05, 0) is 24.3 Å². The summed E-state index contributed by atoms with van der Waals surface area (Å²) < 4.78 is 23.4. The van der Waals surface area contributed by atoms with Crippen molar-refractivity contribution < 1.29 is 23.6 Å². The van der Waals surface area contributed by atoms with Crippen LogP contribution in [0.25, 0.3) is 0 Å². The second kappa shape index (κ2) is 6.66. The Morgan fingerprint density at radius 2 is 1.95 bits per heavy atom. The van der Waals surface area contributed by atoms with E-state index in [0.29, 0.717) is 0 Å². The van der Waals surface area contributed by atoms with Gasteiger partial charge >= 0.3 is 5.69 Å². The Bertz CT molecular complexity index is 717. The third kappa shape index (κ3) is 3.38. The Hall–Kier alpha value is -2.96. The minimum atomic E-state index is -0.609. The third-order valence-corrected chi connectivity index (χ3v) is 2.88. The van der Waals surface area contributed by atoms with Crippen molar-refractivity contribution in [3.05, 3.63) is 64.0 Å². The smallest absolute Gasteiger partial charge is 0.310 e. The fourth-order valence-electron chi connectivity index (χ4n) is 1.85. The molecule has 22 heavy (non-hydrogen) atoms. The van der Waals surface area contributed by atoms with Crippen LogP contribution in [0.15, 0.2) is 42.5 Å². The minimum absolute atomic E-state index is 0.0149. The Morgan fingerprint density at radius 3 is 2.64 bits per heavy atom. The van der Waals surface area contributed by atoms with Gasteiger partial charge in [-0.2, -0.15) is 0 Å². The van der Waals surface area contributed by atoms with Crippen molar-refractivity contribution in [2.24, 2.45) is 0 Å². The van der Waals surface area contributed by atoms with Crippen molar-refractivity contribution >= 4 is 11.5 Å². The summed E-state index contributed by atoms with van der Waals surface area (Å²) in [5, 5.41) is 10.9. The number of methoxy groups -OCH3 is 1. The van der Waals surface area contributed by atoms with Crippen molar-refractivity contribution in [2.75, 3.05) is 13.7 Å². The quantitative estimate of drug-likeness (QED) is 0.465. The van der Waals surface area contributed by atoms with E-state index in [0.717, 1.165) is 6.07 Å². The van der Waals surface area contributed by atoms with Crippen LogP contribution in [0.1, 0.15) is 10.4 Å². The van der Waals surface area contributed by atoms with Crippen LogP contribution in [0, 0.1) is 15.9 Å². The Kier molecular flexibility index (Phi) is 4.67. The monoisotopic (exact) mass is 305 g/mol. The molecule has 0 fully saturated rings. The summed E-state index contributed by atoms with van der Waals surface area (Å²) in [6.45, 7) is -0.468. The molecule has 0 bridgehead atoms. The van der Waals surface area contributed by atoms with Gasteiger partial charge in [-0.1, -0.05) is 12.1 Å². The number of benzene rings is 2. The summed E-state index contributed by atoms with van der Waals surface area (Å²) in [6.07, 6.45) is 0. The lowest BCUT2D eigenvalue weighted by Gasteiger charge is -2.09. The number of para-hydroxylation sites is 2. The van der Waals surface area contributed by atoms with Gasteiger partial charge < -0.3 is 9.47 Å². The number of Topliss-reactive ketones (excluding diaryl/α,β-unsaturated/α-hetero) is 1. The Balaban J connectivity index is 2.17. The summed E-state index contributed by atoms with van der Waals surface area (Å²) in [5.74, 6) is -0.960. The van der Waals surface area contributed by atoms with E-state index in [1.807, 2.05) is 0 Å². The average Bonchev–Trinajstić information content (AvgIpc) is 2.52. The van der Waals surface area contributed by atoms with E-state index in [4.69, 9.17) is 9.47 Å². The molecular weight excluding hydrogens is 293 g/mol. The molecule has 0 aliphatic carbocycles. The number of rotatable bonds is 6. The molecule has 0 unspecified atom stereocenters. The number of halogens is 1. The van der Waals surface area contributed by atoms with E-state index in [2.05, 4.69) is 0 Å². The van der Waals surface area contributed by atoms with Crippen molar-refractivity contribution in [3.63, 3.8) is 0 Å². The maximum Gasteiger partial charge on any atom is 0.310 e. The summed E-state index contributed by atoms with van der Waals surface area (Å²) in [5.41, 5.74) is -0.234. The number of carbonyl (C=O) groups is 1. The van der Waals surface area contributed by atoms with E-state index < -0.39 is 23.1 Å². The molecule has 2 rings (SSSR count). The highest BCUT2D eigenvalue weighted by Gasteiger charge is 2.18. The molecule has 0 N–H and O–H groups in total. The van der Waals surface area contributed by atoms with Crippen molar-refractivity contribution in [2.45, 2.75) is 0 Å². The maximum atomic E-state index is 13.2. The number of ketones is 1. The number of nitro groups is 1. The van der Waals surface area contributed by atoms with Crippen molar-refractivity contribution in [3.8, 4) is 11.5 Å². The highest BCUT2D eigenvalue weighted by Crippen LogP contribution is 2.26. The number of nitrogens with zero attached hydrogens (tertiary/aromatic N) is 1. The highest BCUT2D eigenvalue weighted by molar-refractivity contribution is 5.99. The molecular formula is C15H12FNO5. The standard InChI is InChI=1S/C15H12FNO5/c1-21-14-7-6-10(16)8-11(14)13(18)9-22-15-5-3-2-4-12(15)17(19)20/h2-8H,9H2,1H3. The summed E-state index contributed by atoms with van der Waals surface area (Å²) in [6, 6.07) is 9.21. The average molecular weight is 305 g/mol. The van der Waals surface area contributed by atoms with Crippen LogP contribution in [0.2, 0.25) is 0 Å². The molecule has 0 aliphatic rings. The van der Waals surface area contributed by atoms with Crippen LogP contribution >= 0.6 is 0 Å². The molecule has 0 saturated heterocycles. The first-order chi connectivity index (χ1) is 10.5. The van der Waals surface area contributed by atoms with Crippen molar-refractivity contribution in [1.29, 1.82) is 0 Å². The van der Waals surface area contributed by atoms with Crippen LogP contribution in [0.5, 0.6) is 11.5 Å². The lowest BCUT2D eigenvalue weighted by molar-refractivity contribution is -0.385. The summed E-state index contributed by atoms with van der Waals surface area (Å²) in [4.78, 5) is 22.3. The molecule has 0 saturated carbocycles. The normalized spacial score (nSPS) is 10.1. The summed E-state index contributed by atoms with van der Waals surface area (Å²) in [7, 11) is 1.35. The largest absolute Gasteiger partial charge is 0.496 e. The molecule has 0 spiro atoms. The molecule has 2 aromatic rings. The molecule has 2 aromatic carbocycles. The van der Waals surface area contributed by atoms with Gasteiger partial charge in [0.05, 0.1) is 17.6 Å². The van der Waals surface area contributed by atoms with Crippen LogP contribution in [0.3, 0.4) is 0 Å². The van der Waals surface area contributed by atoms with Gasteiger partial charge in [0.25, 0.3) is 0 Å². The first kappa shape index (κ1) is 15.4. The third-order valence-electron chi connectivity index (χ3n) is 2.88. The number of ether oxygens (including phenoxy) is 2. The van der Waals surface area contributed by atoms with Crippen molar-refractivity contribution in [1.82, 2.24) is 0 Å².